The highest BCUT2D eigenvalue weighted by molar-refractivity contribution is 6.01. The summed E-state index contributed by atoms with van der Waals surface area (Å²) in [6.45, 7) is 3.57. The Hall–Kier alpha value is -2.08. The van der Waals surface area contributed by atoms with Crippen molar-refractivity contribution in [1.29, 1.82) is 0 Å². The van der Waals surface area contributed by atoms with Crippen molar-refractivity contribution in [3.8, 4) is 5.75 Å². The second kappa shape index (κ2) is 8.52. The average Bonchev–Trinajstić information content (AvgIpc) is 3.13. The summed E-state index contributed by atoms with van der Waals surface area (Å²) in [6, 6.07) is 8.10. The van der Waals surface area contributed by atoms with Gasteiger partial charge in [0.25, 0.3) is 0 Å². The first-order valence-corrected chi connectivity index (χ1v) is 10.6. The summed E-state index contributed by atoms with van der Waals surface area (Å²) in [4.78, 5) is 29.6. The van der Waals surface area contributed by atoms with Gasteiger partial charge in [0.15, 0.2) is 0 Å². The SMILES string of the molecule is COc1ccccc1N1C[C@H](C(=O)NC[C@@H]2CCCN3CCCC[C@@H]23)CC1=O. The number of carbonyl (C=O) groups is 2. The van der Waals surface area contributed by atoms with Crippen LogP contribution in [0.4, 0.5) is 5.69 Å². The van der Waals surface area contributed by atoms with Gasteiger partial charge in [-0.1, -0.05) is 18.6 Å². The molecule has 6 heteroatoms. The second-order valence-electron chi connectivity index (χ2n) is 8.32. The molecular formula is C22H31N3O3. The fraction of sp³-hybridized carbons (Fsp3) is 0.636. The molecule has 3 heterocycles. The van der Waals surface area contributed by atoms with Crippen LogP contribution in [0.3, 0.4) is 0 Å². The van der Waals surface area contributed by atoms with Crippen LogP contribution < -0.4 is 15.0 Å². The highest BCUT2D eigenvalue weighted by Crippen LogP contribution is 2.33. The number of ether oxygens (including phenoxy) is 1. The minimum Gasteiger partial charge on any atom is -0.495 e. The molecule has 4 rings (SSSR count). The zero-order valence-corrected chi connectivity index (χ0v) is 16.7. The summed E-state index contributed by atoms with van der Waals surface area (Å²) < 4.78 is 5.38. The number of benzene rings is 1. The molecule has 0 unspecified atom stereocenters. The molecule has 3 fully saturated rings. The van der Waals surface area contributed by atoms with E-state index in [9.17, 15) is 9.59 Å². The lowest BCUT2D eigenvalue weighted by Crippen LogP contribution is -2.51. The number of nitrogens with zero attached hydrogens (tertiary/aromatic N) is 2. The van der Waals surface area contributed by atoms with Gasteiger partial charge in [-0.2, -0.15) is 0 Å². The Morgan fingerprint density at radius 3 is 2.86 bits per heavy atom. The van der Waals surface area contributed by atoms with Crippen LogP contribution in [0.15, 0.2) is 24.3 Å². The number of methoxy groups -OCH3 is 1. The number of fused-ring (bicyclic) bond motifs is 1. The zero-order valence-electron chi connectivity index (χ0n) is 16.7. The van der Waals surface area contributed by atoms with Gasteiger partial charge in [0.1, 0.15) is 5.75 Å². The first-order chi connectivity index (χ1) is 13.7. The molecule has 28 heavy (non-hydrogen) atoms. The lowest BCUT2D eigenvalue weighted by molar-refractivity contribution is -0.126. The Kier molecular flexibility index (Phi) is 5.85. The van der Waals surface area contributed by atoms with E-state index >= 15 is 0 Å². The molecule has 0 aliphatic carbocycles. The van der Waals surface area contributed by atoms with Gasteiger partial charge in [0.05, 0.1) is 18.7 Å². The summed E-state index contributed by atoms with van der Waals surface area (Å²) in [5.41, 5.74) is 0.746. The molecule has 3 atom stereocenters. The van der Waals surface area contributed by atoms with E-state index in [1.807, 2.05) is 24.3 Å². The van der Waals surface area contributed by atoms with E-state index in [1.165, 1.54) is 45.2 Å². The summed E-state index contributed by atoms with van der Waals surface area (Å²) in [5, 5.41) is 3.17. The molecule has 6 nitrogen and oxygen atoms in total. The predicted molar refractivity (Wildman–Crippen MR) is 108 cm³/mol. The smallest absolute Gasteiger partial charge is 0.227 e. The Balaban J connectivity index is 1.35. The number of piperidine rings is 2. The van der Waals surface area contributed by atoms with Crippen LogP contribution >= 0.6 is 0 Å². The summed E-state index contributed by atoms with van der Waals surface area (Å²) in [5.74, 6) is 0.917. The third-order valence-corrected chi connectivity index (χ3v) is 6.64. The Bertz CT molecular complexity index is 721. The van der Waals surface area contributed by atoms with E-state index in [-0.39, 0.29) is 24.2 Å². The molecule has 0 saturated carbocycles. The fourth-order valence-corrected chi connectivity index (χ4v) is 5.16. The Morgan fingerprint density at radius 1 is 1.18 bits per heavy atom. The van der Waals surface area contributed by atoms with Crippen LogP contribution in [0.1, 0.15) is 38.5 Å². The van der Waals surface area contributed by atoms with Crippen molar-refractivity contribution in [3.05, 3.63) is 24.3 Å². The van der Waals surface area contributed by atoms with Crippen LogP contribution in [0.2, 0.25) is 0 Å². The van der Waals surface area contributed by atoms with Crippen LogP contribution in [-0.4, -0.2) is 56.0 Å². The fourth-order valence-electron chi connectivity index (χ4n) is 5.16. The highest BCUT2D eigenvalue weighted by atomic mass is 16.5. The molecule has 0 aromatic heterocycles. The molecule has 0 spiro atoms. The van der Waals surface area contributed by atoms with Gasteiger partial charge < -0.3 is 19.9 Å². The average molecular weight is 386 g/mol. The van der Waals surface area contributed by atoms with Gasteiger partial charge >= 0.3 is 0 Å². The number of hydrogen-bond donors (Lipinski definition) is 1. The number of hydrogen-bond acceptors (Lipinski definition) is 4. The van der Waals surface area contributed by atoms with Gasteiger partial charge in [-0.25, -0.2) is 0 Å². The molecule has 1 N–H and O–H groups in total. The Labute approximate surface area is 167 Å². The van der Waals surface area contributed by atoms with E-state index in [1.54, 1.807) is 12.0 Å². The van der Waals surface area contributed by atoms with Gasteiger partial charge in [-0.15, -0.1) is 0 Å². The van der Waals surface area contributed by atoms with Crippen molar-refractivity contribution < 1.29 is 14.3 Å². The summed E-state index contributed by atoms with van der Waals surface area (Å²) in [6.07, 6.45) is 6.54. The number of rotatable bonds is 5. The molecular weight excluding hydrogens is 354 g/mol. The quantitative estimate of drug-likeness (QED) is 0.846. The largest absolute Gasteiger partial charge is 0.495 e. The minimum atomic E-state index is -0.288. The molecule has 3 saturated heterocycles. The number of anilines is 1. The van der Waals surface area contributed by atoms with Gasteiger partial charge in [-0.3, -0.25) is 9.59 Å². The highest BCUT2D eigenvalue weighted by Gasteiger charge is 2.37. The molecule has 1 aromatic rings. The lowest BCUT2D eigenvalue weighted by atomic mass is 9.83. The molecule has 0 bridgehead atoms. The molecule has 3 aliphatic rings. The number of amides is 2. The van der Waals surface area contributed by atoms with Crippen molar-refractivity contribution in [2.75, 3.05) is 38.2 Å². The van der Waals surface area contributed by atoms with E-state index in [2.05, 4.69) is 10.2 Å². The van der Waals surface area contributed by atoms with Crippen molar-refractivity contribution in [2.45, 2.75) is 44.6 Å². The molecule has 2 amide bonds. The molecule has 152 valence electrons. The van der Waals surface area contributed by atoms with Crippen LogP contribution in [-0.2, 0) is 9.59 Å². The van der Waals surface area contributed by atoms with Crippen molar-refractivity contribution in [2.24, 2.45) is 11.8 Å². The predicted octanol–water partition coefficient (Wildman–Crippen LogP) is 2.43. The van der Waals surface area contributed by atoms with E-state index in [4.69, 9.17) is 4.74 Å². The second-order valence-corrected chi connectivity index (χ2v) is 8.32. The van der Waals surface area contributed by atoms with Gasteiger partial charge in [0.2, 0.25) is 11.8 Å². The third kappa shape index (κ3) is 3.88. The van der Waals surface area contributed by atoms with E-state index < -0.39 is 0 Å². The number of carbonyl (C=O) groups excluding carboxylic acids is 2. The van der Waals surface area contributed by atoms with E-state index in [0.29, 0.717) is 24.3 Å². The monoisotopic (exact) mass is 385 g/mol. The van der Waals surface area contributed by atoms with Crippen molar-refractivity contribution in [1.82, 2.24) is 10.2 Å². The van der Waals surface area contributed by atoms with Gasteiger partial charge in [-0.05, 0) is 56.8 Å². The van der Waals surface area contributed by atoms with E-state index in [0.717, 1.165) is 12.2 Å². The molecule has 0 radical (unpaired) electrons. The summed E-state index contributed by atoms with van der Waals surface area (Å²) >= 11 is 0. The van der Waals surface area contributed by atoms with Crippen LogP contribution in [0, 0.1) is 11.8 Å². The van der Waals surface area contributed by atoms with Gasteiger partial charge in [0, 0.05) is 25.6 Å². The lowest BCUT2D eigenvalue weighted by Gasteiger charge is -2.44. The number of para-hydroxylation sites is 2. The van der Waals surface area contributed by atoms with Crippen LogP contribution in [0.5, 0.6) is 5.75 Å². The first-order valence-electron chi connectivity index (χ1n) is 10.6. The summed E-state index contributed by atoms with van der Waals surface area (Å²) in [7, 11) is 1.60. The maximum atomic E-state index is 12.8. The first kappa shape index (κ1) is 19.2. The van der Waals surface area contributed by atoms with Crippen LogP contribution in [0.25, 0.3) is 0 Å². The molecule has 1 aromatic carbocycles. The maximum Gasteiger partial charge on any atom is 0.227 e. The maximum absolute atomic E-state index is 12.8. The Morgan fingerprint density at radius 2 is 2.00 bits per heavy atom. The normalized spacial score (nSPS) is 28.1. The number of nitrogens with one attached hydrogen (secondary N) is 1. The standard InChI is InChI=1S/C22H31N3O3/c1-28-20-10-3-2-9-19(20)25-15-17(13-21(25)26)22(27)23-14-16-7-6-12-24-11-5-4-8-18(16)24/h2-3,9-10,16-18H,4-8,11-15H2,1H3,(H,23,27)/t16-,17+,18-/m0/s1. The van der Waals surface area contributed by atoms with Crippen molar-refractivity contribution in [3.63, 3.8) is 0 Å². The third-order valence-electron chi connectivity index (χ3n) is 6.64. The van der Waals surface area contributed by atoms with Crippen molar-refractivity contribution >= 4 is 17.5 Å². The minimum absolute atomic E-state index is 0.0127. The zero-order chi connectivity index (χ0) is 19.5. The molecule has 3 aliphatic heterocycles. The topological polar surface area (TPSA) is 61.9 Å².